The van der Waals surface area contributed by atoms with Crippen LogP contribution in [0.1, 0.15) is 51.0 Å². The molecule has 2 heterocycles. The number of rotatable bonds is 6. The van der Waals surface area contributed by atoms with E-state index in [1.165, 1.54) is 0 Å². The first-order valence-electron chi connectivity index (χ1n) is 9.00. The van der Waals surface area contributed by atoms with Crippen LogP contribution < -0.4 is 5.32 Å². The lowest BCUT2D eigenvalue weighted by molar-refractivity contribution is -0.137. The first-order chi connectivity index (χ1) is 11.5. The summed E-state index contributed by atoms with van der Waals surface area (Å²) in [6, 6.07) is 2.23. The van der Waals surface area contributed by atoms with Gasteiger partial charge in [-0.3, -0.25) is 4.79 Å². The zero-order valence-corrected chi connectivity index (χ0v) is 14.9. The van der Waals surface area contributed by atoms with Crippen molar-refractivity contribution in [2.45, 2.75) is 77.3 Å². The molecule has 0 bridgehead atoms. The highest BCUT2D eigenvalue weighted by atomic mass is 16.5. The van der Waals surface area contributed by atoms with Crippen molar-refractivity contribution >= 4 is 5.91 Å². The van der Waals surface area contributed by atoms with Crippen molar-refractivity contribution in [2.24, 2.45) is 0 Å². The van der Waals surface area contributed by atoms with Gasteiger partial charge in [-0.15, -0.1) is 0 Å². The van der Waals surface area contributed by atoms with Crippen molar-refractivity contribution in [1.82, 2.24) is 20.2 Å². The van der Waals surface area contributed by atoms with Crippen LogP contribution in [-0.4, -0.2) is 51.6 Å². The second-order valence-electron chi connectivity index (χ2n) is 7.19. The van der Waals surface area contributed by atoms with Gasteiger partial charge in [0.25, 0.3) is 0 Å². The fourth-order valence-electron chi connectivity index (χ4n) is 3.52. The molecular formula is C18H28N4O2. The van der Waals surface area contributed by atoms with E-state index < -0.39 is 0 Å². The lowest BCUT2D eigenvalue weighted by atomic mass is 9.87. The summed E-state index contributed by atoms with van der Waals surface area (Å²) in [5.41, 5.74) is 0.908. The van der Waals surface area contributed by atoms with E-state index in [1.807, 2.05) is 17.9 Å². The largest absolute Gasteiger partial charge is 0.375 e. The van der Waals surface area contributed by atoms with Crippen LogP contribution in [0.2, 0.25) is 0 Å². The van der Waals surface area contributed by atoms with Gasteiger partial charge in [0.1, 0.15) is 5.82 Å². The Morgan fingerprint density at radius 2 is 2.21 bits per heavy atom. The Hall–Kier alpha value is -1.53. The van der Waals surface area contributed by atoms with E-state index >= 15 is 0 Å². The second-order valence-corrected chi connectivity index (χ2v) is 7.19. The number of carbonyl (C=O) groups is 1. The van der Waals surface area contributed by atoms with Crippen molar-refractivity contribution in [3.63, 3.8) is 0 Å². The average molecular weight is 332 g/mol. The average Bonchev–Trinajstić information content (AvgIpc) is 2.48. The predicted octanol–water partition coefficient (Wildman–Crippen LogP) is 1.82. The molecule has 1 amide bonds. The van der Waals surface area contributed by atoms with Crippen molar-refractivity contribution in [1.29, 1.82) is 0 Å². The molecule has 1 N–H and O–H groups in total. The maximum Gasteiger partial charge on any atom is 0.240 e. The van der Waals surface area contributed by atoms with Gasteiger partial charge in [-0.2, -0.15) is 0 Å². The van der Waals surface area contributed by atoms with Gasteiger partial charge in [-0.25, -0.2) is 9.97 Å². The first kappa shape index (κ1) is 17.3. The van der Waals surface area contributed by atoms with Crippen molar-refractivity contribution < 1.29 is 9.53 Å². The molecule has 0 spiro atoms. The summed E-state index contributed by atoms with van der Waals surface area (Å²) in [5.74, 6) is 0.947. The molecule has 1 aromatic heterocycles. The van der Waals surface area contributed by atoms with Crippen LogP contribution in [0.25, 0.3) is 0 Å². The summed E-state index contributed by atoms with van der Waals surface area (Å²) < 4.78 is 5.79. The molecule has 2 fully saturated rings. The van der Waals surface area contributed by atoms with E-state index in [0.29, 0.717) is 18.7 Å². The fraction of sp³-hybridized carbons (Fsp3) is 0.722. The zero-order chi connectivity index (χ0) is 17.1. The predicted molar refractivity (Wildman–Crippen MR) is 91.4 cm³/mol. The third-order valence-corrected chi connectivity index (χ3v) is 4.71. The molecular weight excluding hydrogens is 304 g/mol. The molecule has 3 rings (SSSR count). The number of amides is 1. The highest BCUT2D eigenvalue weighted by Gasteiger charge is 2.36. The Bertz CT molecular complexity index is 572. The lowest BCUT2D eigenvalue weighted by Gasteiger charge is -2.41. The lowest BCUT2D eigenvalue weighted by Crippen LogP contribution is -2.57. The smallest absolute Gasteiger partial charge is 0.240 e. The number of nitrogens with zero attached hydrogens (tertiary/aromatic N) is 3. The molecule has 132 valence electrons. The Morgan fingerprint density at radius 1 is 1.42 bits per heavy atom. The normalized spacial score (nSPS) is 27.4. The molecule has 1 saturated heterocycles. The number of aryl methyl sites for hydroxylation is 1. The van der Waals surface area contributed by atoms with Crippen LogP contribution >= 0.6 is 0 Å². The van der Waals surface area contributed by atoms with Crippen LogP contribution in [0.3, 0.4) is 0 Å². The van der Waals surface area contributed by atoms with Gasteiger partial charge in [0.2, 0.25) is 5.91 Å². The molecule has 1 aliphatic carbocycles. The highest BCUT2D eigenvalue weighted by molar-refractivity contribution is 5.82. The van der Waals surface area contributed by atoms with Crippen molar-refractivity contribution in [3.05, 3.63) is 23.8 Å². The molecule has 1 atom stereocenters. The van der Waals surface area contributed by atoms with Gasteiger partial charge in [0, 0.05) is 18.8 Å². The zero-order valence-electron chi connectivity index (χ0n) is 14.9. The summed E-state index contributed by atoms with van der Waals surface area (Å²) in [7, 11) is 0. The Labute approximate surface area is 144 Å². The molecule has 24 heavy (non-hydrogen) atoms. The molecule has 6 heteroatoms. The number of carbonyl (C=O) groups excluding carboxylic acids is 1. The topological polar surface area (TPSA) is 67.3 Å². The standard InChI is InChI=1S/C18H28N4O2/c1-12(2)24-16-9-15(10-16)21-17-5-4-8-22(18(17)23)11-14-6-7-19-13(3)20-14/h6-7,12,15-17,21H,4-5,8-11H2,1-3H3. The van der Waals surface area contributed by atoms with E-state index in [4.69, 9.17) is 4.74 Å². The molecule has 1 saturated carbocycles. The van der Waals surface area contributed by atoms with E-state index in [2.05, 4.69) is 29.1 Å². The molecule has 1 unspecified atom stereocenters. The number of piperidine rings is 1. The Balaban J connectivity index is 1.50. The minimum Gasteiger partial charge on any atom is -0.375 e. The van der Waals surface area contributed by atoms with Crippen LogP contribution in [0.5, 0.6) is 0 Å². The molecule has 1 aliphatic heterocycles. The number of hydrogen-bond donors (Lipinski definition) is 1. The van der Waals surface area contributed by atoms with Crippen molar-refractivity contribution in [2.75, 3.05) is 6.54 Å². The first-order valence-corrected chi connectivity index (χ1v) is 9.00. The van der Waals surface area contributed by atoms with E-state index in [0.717, 1.165) is 43.7 Å². The van der Waals surface area contributed by atoms with E-state index in [-0.39, 0.29) is 18.1 Å². The fourth-order valence-corrected chi connectivity index (χ4v) is 3.52. The van der Waals surface area contributed by atoms with Gasteiger partial charge in [-0.05, 0) is 52.5 Å². The number of nitrogens with one attached hydrogen (secondary N) is 1. The molecule has 2 aliphatic rings. The number of hydrogen-bond acceptors (Lipinski definition) is 5. The van der Waals surface area contributed by atoms with Crippen LogP contribution in [0.4, 0.5) is 0 Å². The van der Waals surface area contributed by atoms with Crippen LogP contribution in [0.15, 0.2) is 12.3 Å². The van der Waals surface area contributed by atoms with Gasteiger partial charge in [-0.1, -0.05) is 0 Å². The summed E-state index contributed by atoms with van der Waals surface area (Å²) in [5, 5.41) is 3.53. The Morgan fingerprint density at radius 3 is 2.92 bits per heavy atom. The number of ether oxygens (including phenoxy) is 1. The molecule has 6 nitrogen and oxygen atoms in total. The second kappa shape index (κ2) is 7.57. The SMILES string of the molecule is Cc1nccc(CN2CCCC(NC3CC(OC(C)C)C3)C2=O)n1. The van der Waals surface area contributed by atoms with E-state index in [9.17, 15) is 4.79 Å². The minimum absolute atomic E-state index is 0.0633. The van der Waals surface area contributed by atoms with Crippen LogP contribution in [0, 0.1) is 6.92 Å². The summed E-state index contributed by atoms with van der Waals surface area (Å²) in [4.78, 5) is 23.2. The molecule has 1 aromatic rings. The van der Waals surface area contributed by atoms with Gasteiger partial charge < -0.3 is 15.0 Å². The van der Waals surface area contributed by atoms with Gasteiger partial charge in [0.05, 0.1) is 30.5 Å². The third-order valence-electron chi connectivity index (χ3n) is 4.71. The summed E-state index contributed by atoms with van der Waals surface area (Å²) in [6.45, 7) is 7.39. The van der Waals surface area contributed by atoms with Crippen molar-refractivity contribution in [3.8, 4) is 0 Å². The number of aromatic nitrogens is 2. The number of likely N-dealkylation sites (tertiary alicyclic amines) is 1. The Kier molecular flexibility index (Phi) is 5.46. The molecule has 0 radical (unpaired) electrons. The maximum absolute atomic E-state index is 12.7. The summed E-state index contributed by atoms with van der Waals surface area (Å²) in [6.07, 6.45) is 6.35. The summed E-state index contributed by atoms with van der Waals surface area (Å²) >= 11 is 0. The molecule has 0 aromatic carbocycles. The van der Waals surface area contributed by atoms with Gasteiger partial charge in [0.15, 0.2) is 0 Å². The highest BCUT2D eigenvalue weighted by Crippen LogP contribution is 2.26. The van der Waals surface area contributed by atoms with E-state index in [1.54, 1.807) is 6.20 Å². The van der Waals surface area contributed by atoms with Crippen LogP contribution in [-0.2, 0) is 16.1 Å². The quantitative estimate of drug-likeness (QED) is 0.861. The minimum atomic E-state index is -0.0633. The third kappa shape index (κ3) is 4.30. The monoisotopic (exact) mass is 332 g/mol. The van der Waals surface area contributed by atoms with Gasteiger partial charge >= 0.3 is 0 Å². The maximum atomic E-state index is 12.7.